The molecule has 0 aliphatic heterocycles. The van der Waals surface area contributed by atoms with E-state index in [1.807, 2.05) is 26.0 Å². The topological polar surface area (TPSA) is 12.5 Å². The standard InChI is InChI=1S/C13H21NO.C2H6/c1-11-5-7-13(8-6-11)15-10-12(2)9-14(3)4;1-2/h5-8,12H,9-10H2,1-4H3;1-2H3. The maximum absolute atomic E-state index is 5.70. The smallest absolute Gasteiger partial charge is 0.119 e. The van der Waals surface area contributed by atoms with Gasteiger partial charge in [0.2, 0.25) is 0 Å². The lowest BCUT2D eigenvalue weighted by Gasteiger charge is -2.17. The van der Waals surface area contributed by atoms with Gasteiger partial charge in [-0.25, -0.2) is 0 Å². The zero-order valence-corrected chi connectivity index (χ0v) is 12.2. The molecular formula is C15H27NO. The van der Waals surface area contributed by atoms with Crippen LogP contribution in [0, 0.1) is 12.8 Å². The summed E-state index contributed by atoms with van der Waals surface area (Å²) in [7, 11) is 4.17. The van der Waals surface area contributed by atoms with Crippen molar-refractivity contribution >= 4 is 0 Å². The summed E-state index contributed by atoms with van der Waals surface area (Å²) < 4.78 is 5.70. The van der Waals surface area contributed by atoms with Crippen molar-refractivity contribution in [3.05, 3.63) is 29.8 Å². The SMILES string of the molecule is CC.Cc1ccc(OCC(C)CN(C)C)cc1. The monoisotopic (exact) mass is 237 g/mol. The Hall–Kier alpha value is -1.02. The van der Waals surface area contributed by atoms with E-state index in [1.54, 1.807) is 0 Å². The Morgan fingerprint density at radius 2 is 1.65 bits per heavy atom. The summed E-state index contributed by atoms with van der Waals surface area (Å²) in [5.74, 6) is 1.52. The van der Waals surface area contributed by atoms with Crippen molar-refractivity contribution in [2.24, 2.45) is 5.92 Å². The molecule has 0 heterocycles. The fourth-order valence-electron chi connectivity index (χ4n) is 1.55. The lowest BCUT2D eigenvalue weighted by molar-refractivity contribution is 0.222. The first-order chi connectivity index (χ1) is 8.08. The van der Waals surface area contributed by atoms with Crippen molar-refractivity contribution < 1.29 is 4.74 Å². The van der Waals surface area contributed by atoms with Crippen molar-refractivity contribution in [3.63, 3.8) is 0 Å². The van der Waals surface area contributed by atoms with Gasteiger partial charge in [-0.05, 0) is 33.2 Å². The maximum atomic E-state index is 5.70. The Morgan fingerprint density at radius 1 is 1.12 bits per heavy atom. The molecule has 0 spiro atoms. The van der Waals surface area contributed by atoms with Crippen LogP contribution in [0.25, 0.3) is 0 Å². The van der Waals surface area contributed by atoms with E-state index in [2.05, 4.69) is 45.0 Å². The van der Waals surface area contributed by atoms with Crippen molar-refractivity contribution in [1.82, 2.24) is 4.90 Å². The average Bonchev–Trinajstić information content (AvgIpc) is 2.30. The van der Waals surface area contributed by atoms with Crippen molar-refractivity contribution in [2.45, 2.75) is 27.7 Å². The highest BCUT2D eigenvalue weighted by Gasteiger charge is 2.04. The minimum atomic E-state index is 0.557. The molecule has 2 nitrogen and oxygen atoms in total. The van der Waals surface area contributed by atoms with Gasteiger partial charge >= 0.3 is 0 Å². The molecule has 0 fully saturated rings. The fraction of sp³-hybridized carbons (Fsp3) is 0.600. The van der Waals surface area contributed by atoms with Crippen LogP contribution >= 0.6 is 0 Å². The molecule has 1 unspecified atom stereocenters. The normalized spacial score (nSPS) is 11.7. The first-order valence-electron chi connectivity index (χ1n) is 6.42. The van der Waals surface area contributed by atoms with Crippen LogP contribution in [0.5, 0.6) is 5.75 Å². The first-order valence-corrected chi connectivity index (χ1v) is 6.42. The van der Waals surface area contributed by atoms with Crippen LogP contribution in [0.4, 0.5) is 0 Å². The van der Waals surface area contributed by atoms with E-state index in [1.165, 1.54) is 5.56 Å². The molecule has 0 saturated heterocycles. The molecule has 17 heavy (non-hydrogen) atoms. The largest absolute Gasteiger partial charge is 0.493 e. The number of benzene rings is 1. The summed E-state index contributed by atoms with van der Waals surface area (Å²) in [6.07, 6.45) is 0. The molecule has 1 atom stereocenters. The number of hydrogen-bond acceptors (Lipinski definition) is 2. The molecule has 0 radical (unpaired) electrons. The molecule has 0 N–H and O–H groups in total. The van der Waals surface area contributed by atoms with Gasteiger partial charge < -0.3 is 9.64 Å². The van der Waals surface area contributed by atoms with Crippen LogP contribution in [0.2, 0.25) is 0 Å². The van der Waals surface area contributed by atoms with Crippen LogP contribution in [-0.2, 0) is 0 Å². The Morgan fingerprint density at radius 3 is 2.12 bits per heavy atom. The van der Waals surface area contributed by atoms with Gasteiger partial charge in [0.15, 0.2) is 0 Å². The van der Waals surface area contributed by atoms with Crippen molar-refractivity contribution in [3.8, 4) is 5.75 Å². The highest BCUT2D eigenvalue weighted by atomic mass is 16.5. The van der Waals surface area contributed by atoms with Gasteiger partial charge in [-0.3, -0.25) is 0 Å². The van der Waals surface area contributed by atoms with E-state index >= 15 is 0 Å². The molecule has 1 aromatic carbocycles. The second-order valence-corrected chi connectivity index (χ2v) is 4.49. The number of nitrogens with zero attached hydrogens (tertiary/aromatic N) is 1. The van der Waals surface area contributed by atoms with Crippen molar-refractivity contribution in [1.29, 1.82) is 0 Å². The Labute approximate surface area is 107 Å². The molecule has 0 saturated carbocycles. The maximum Gasteiger partial charge on any atom is 0.119 e. The van der Waals surface area contributed by atoms with Crippen molar-refractivity contribution in [2.75, 3.05) is 27.2 Å². The summed E-state index contributed by atoms with van der Waals surface area (Å²) >= 11 is 0. The number of hydrogen-bond donors (Lipinski definition) is 0. The Bertz CT molecular complexity index is 279. The third-order valence-corrected chi connectivity index (χ3v) is 2.23. The van der Waals surface area contributed by atoms with Crippen LogP contribution < -0.4 is 4.74 Å². The van der Waals surface area contributed by atoms with Gasteiger partial charge in [-0.15, -0.1) is 0 Å². The quantitative estimate of drug-likeness (QED) is 0.776. The molecule has 0 aliphatic rings. The Kier molecular flexibility index (Phi) is 8.51. The van der Waals surface area contributed by atoms with Gasteiger partial charge in [0, 0.05) is 12.5 Å². The predicted molar refractivity (Wildman–Crippen MR) is 75.7 cm³/mol. The number of rotatable bonds is 5. The number of aryl methyl sites for hydroxylation is 1. The lowest BCUT2D eigenvalue weighted by Crippen LogP contribution is -2.24. The van der Waals surface area contributed by atoms with Gasteiger partial charge in [-0.1, -0.05) is 38.5 Å². The molecule has 0 amide bonds. The summed E-state index contributed by atoms with van der Waals surface area (Å²) in [6.45, 7) is 10.1. The second-order valence-electron chi connectivity index (χ2n) is 4.49. The van der Waals surface area contributed by atoms with Crippen LogP contribution in [0.1, 0.15) is 26.3 Å². The van der Waals surface area contributed by atoms with Crippen LogP contribution in [0.15, 0.2) is 24.3 Å². The summed E-state index contributed by atoms with van der Waals surface area (Å²) in [5, 5.41) is 0. The molecule has 98 valence electrons. The third kappa shape index (κ3) is 7.81. The van der Waals surface area contributed by atoms with Gasteiger partial charge in [0.25, 0.3) is 0 Å². The highest BCUT2D eigenvalue weighted by molar-refractivity contribution is 5.26. The zero-order chi connectivity index (χ0) is 13.3. The minimum Gasteiger partial charge on any atom is -0.493 e. The van der Waals surface area contributed by atoms with E-state index in [-0.39, 0.29) is 0 Å². The third-order valence-electron chi connectivity index (χ3n) is 2.23. The summed E-state index contributed by atoms with van der Waals surface area (Å²) in [5.41, 5.74) is 1.27. The summed E-state index contributed by atoms with van der Waals surface area (Å²) in [6, 6.07) is 8.20. The fourth-order valence-corrected chi connectivity index (χ4v) is 1.55. The van der Waals surface area contributed by atoms with E-state index < -0.39 is 0 Å². The molecular weight excluding hydrogens is 210 g/mol. The second kappa shape index (κ2) is 9.06. The van der Waals surface area contributed by atoms with E-state index in [9.17, 15) is 0 Å². The number of ether oxygens (including phenoxy) is 1. The molecule has 1 rings (SSSR count). The first kappa shape index (κ1) is 16.0. The molecule has 0 bridgehead atoms. The van der Waals surface area contributed by atoms with E-state index in [0.29, 0.717) is 5.92 Å². The molecule has 0 aromatic heterocycles. The minimum absolute atomic E-state index is 0.557. The molecule has 1 aromatic rings. The average molecular weight is 237 g/mol. The van der Waals surface area contributed by atoms with Gasteiger partial charge in [0.05, 0.1) is 6.61 Å². The summed E-state index contributed by atoms with van der Waals surface area (Å²) in [4.78, 5) is 2.18. The highest BCUT2D eigenvalue weighted by Crippen LogP contribution is 2.12. The van der Waals surface area contributed by atoms with Gasteiger partial charge in [0.1, 0.15) is 5.75 Å². The Balaban J connectivity index is 0.00000121. The van der Waals surface area contributed by atoms with Crippen LogP contribution in [-0.4, -0.2) is 32.1 Å². The van der Waals surface area contributed by atoms with E-state index in [0.717, 1.165) is 18.9 Å². The predicted octanol–water partition coefficient (Wildman–Crippen LogP) is 3.60. The molecule has 0 aliphatic carbocycles. The van der Waals surface area contributed by atoms with E-state index in [4.69, 9.17) is 4.74 Å². The van der Waals surface area contributed by atoms with Gasteiger partial charge in [-0.2, -0.15) is 0 Å². The van der Waals surface area contributed by atoms with Crippen LogP contribution in [0.3, 0.4) is 0 Å². The zero-order valence-electron chi connectivity index (χ0n) is 12.2. The lowest BCUT2D eigenvalue weighted by atomic mass is 10.2. The molecule has 2 heteroatoms.